The first-order valence-electron chi connectivity index (χ1n) is 5.13. The number of hydrogen-bond acceptors (Lipinski definition) is 2. The summed E-state index contributed by atoms with van der Waals surface area (Å²) in [6.07, 6.45) is 3.28. The molecule has 0 spiro atoms. The van der Waals surface area contributed by atoms with Gasteiger partial charge in [0.05, 0.1) is 5.88 Å². The SMILES string of the molecule is Cc1cc(F)ccc1Oc1ccncc1CCl. The van der Waals surface area contributed by atoms with Crippen molar-refractivity contribution in [3.05, 3.63) is 53.6 Å². The Bertz CT molecular complexity index is 531. The number of ether oxygens (including phenoxy) is 1. The molecule has 0 saturated heterocycles. The van der Waals surface area contributed by atoms with Crippen LogP contribution < -0.4 is 4.74 Å². The number of halogens is 2. The number of alkyl halides is 1. The Labute approximate surface area is 104 Å². The Balaban J connectivity index is 2.31. The lowest BCUT2D eigenvalue weighted by atomic mass is 10.2. The molecule has 4 heteroatoms. The van der Waals surface area contributed by atoms with Crippen molar-refractivity contribution in [1.82, 2.24) is 4.98 Å². The third kappa shape index (κ3) is 2.74. The summed E-state index contributed by atoms with van der Waals surface area (Å²) in [7, 11) is 0. The van der Waals surface area contributed by atoms with Crippen molar-refractivity contribution in [2.75, 3.05) is 0 Å². The lowest BCUT2D eigenvalue weighted by molar-refractivity contribution is 0.471. The van der Waals surface area contributed by atoms with Gasteiger partial charge in [0.1, 0.15) is 17.3 Å². The Morgan fingerprint density at radius 1 is 1.29 bits per heavy atom. The van der Waals surface area contributed by atoms with Crippen LogP contribution in [0.15, 0.2) is 36.7 Å². The third-order valence-electron chi connectivity index (χ3n) is 2.36. The molecule has 2 aromatic rings. The molecule has 0 aliphatic heterocycles. The van der Waals surface area contributed by atoms with E-state index in [0.717, 1.165) is 11.1 Å². The van der Waals surface area contributed by atoms with Crippen molar-refractivity contribution in [2.24, 2.45) is 0 Å². The van der Waals surface area contributed by atoms with Gasteiger partial charge in [-0.3, -0.25) is 4.98 Å². The van der Waals surface area contributed by atoms with Crippen LogP contribution in [-0.4, -0.2) is 4.98 Å². The fraction of sp³-hybridized carbons (Fsp3) is 0.154. The summed E-state index contributed by atoms with van der Waals surface area (Å²) in [6.45, 7) is 1.79. The molecule has 1 aromatic carbocycles. The van der Waals surface area contributed by atoms with Gasteiger partial charge in [0.2, 0.25) is 0 Å². The lowest BCUT2D eigenvalue weighted by Gasteiger charge is -2.11. The van der Waals surface area contributed by atoms with E-state index < -0.39 is 0 Å². The monoisotopic (exact) mass is 251 g/mol. The Morgan fingerprint density at radius 2 is 2.12 bits per heavy atom. The van der Waals surface area contributed by atoms with Gasteiger partial charge in [-0.15, -0.1) is 11.6 Å². The van der Waals surface area contributed by atoms with Gasteiger partial charge in [0, 0.05) is 18.0 Å². The third-order valence-corrected chi connectivity index (χ3v) is 2.65. The molecule has 0 atom stereocenters. The van der Waals surface area contributed by atoms with E-state index in [1.807, 2.05) is 0 Å². The highest BCUT2D eigenvalue weighted by molar-refractivity contribution is 6.17. The van der Waals surface area contributed by atoms with Crippen LogP contribution in [0.25, 0.3) is 0 Å². The van der Waals surface area contributed by atoms with Gasteiger partial charge in [0.15, 0.2) is 0 Å². The molecule has 1 heterocycles. The number of aromatic nitrogens is 1. The normalized spacial score (nSPS) is 10.3. The minimum atomic E-state index is -0.276. The van der Waals surface area contributed by atoms with Crippen LogP contribution in [-0.2, 0) is 5.88 Å². The predicted molar refractivity (Wildman–Crippen MR) is 65.0 cm³/mol. The van der Waals surface area contributed by atoms with E-state index >= 15 is 0 Å². The van der Waals surface area contributed by atoms with Gasteiger partial charge in [-0.2, -0.15) is 0 Å². The van der Waals surface area contributed by atoms with Crippen molar-refractivity contribution in [3.63, 3.8) is 0 Å². The maximum absolute atomic E-state index is 12.9. The highest BCUT2D eigenvalue weighted by Crippen LogP contribution is 2.28. The lowest BCUT2D eigenvalue weighted by Crippen LogP contribution is -1.92. The van der Waals surface area contributed by atoms with E-state index in [4.69, 9.17) is 16.3 Å². The van der Waals surface area contributed by atoms with Crippen LogP contribution >= 0.6 is 11.6 Å². The predicted octanol–water partition coefficient (Wildman–Crippen LogP) is 4.06. The minimum Gasteiger partial charge on any atom is -0.457 e. The number of pyridine rings is 1. The topological polar surface area (TPSA) is 22.1 Å². The molecule has 17 heavy (non-hydrogen) atoms. The molecule has 0 aliphatic carbocycles. The minimum absolute atomic E-state index is 0.276. The molecular formula is C13H11ClFNO. The fourth-order valence-electron chi connectivity index (χ4n) is 1.46. The Morgan fingerprint density at radius 3 is 2.82 bits per heavy atom. The van der Waals surface area contributed by atoms with Crippen LogP contribution in [0.1, 0.15) is 11.1 Å². The second-order valence-corrected chi connectivity index (χ2v) is 3.90. The van der Waals surface area contributed by atoms with Crippen LogP contribution in [0.3, 0.4) is 0 Å². The molecule has 88 valence electrons. The number of hydrogen-bond donors (Lipinski definition) is 0. The second kappa shape index (κ2) is 5.15. The first-order valence-corrected chi connectivity index (χ1v) is 5.67. The standard InChI is InChI=1S/C13H11ClFNO/c1-9-6-11(15)2-3-12(9)17-13-4-5-16-8-10(13)7-14/h2-6,8H,7H2,1H3. The van der Waals surface area contributed by atoms with E-state index in [2.05, 4.69) is 4.98 Å². The van der Waals surface area contributed by atoms with Gasteiger partial charge in [0.25, 0.3) is 0 Å². The van der Waals surface area contributed by atoms with Gasteiger partial charge in [-0.05, 0) is 36.8 Å². The van der Waals surface area contributed by atoms with Crippen LogP contribution in [0.2, 0.25) is 0 Å². The van der Waals surface area contributed by atoms with Gasteiger partial charge < -0.3 is 4.74 Å². The molecule has 0 bridgehead atoms. The van der Waals surface area contributed by atoms with Crippen LogP contribution in [0.4, 0.5) is 4.39 Å². The van der Waals surface area contributed by atoms with Crippen molar-refractivity contribution >= 4 is 11.6 Å². The van der Waals surface area contributed by atoms with Gasteiger partial charge >= 0.3 is 0 Å². The molecule has 0 N–H and O–H groups in total. The number of nitrogens with zero attached hydrogens (tertiary/aromatic N) is 1. The summed E-state index contributed by atoms with van der Waals surface area (Å²) >= 11 is 5.78. The summed E-state index contributed by atoms with van der Waals surface area (Å²) in [5.41, 5.74) is 1.54. The summed E-state index contributed by atoms with van der Waals surface area (Å²) < 4.78 is 18.6. The van der Waals surface area contributed by atoms with Crippen molar-refractivity contribution in [3.8, 4) is 11.5 Å². The van der Waals surface area contributed by atoms with Crippen molar-refractivity contribution in [1.29, 1.82) is 0 Å². The van der Waals surface area contributed by atoms with Crippen LogP contribution in [0.5, 0.6) is 11.5 Å². The number of aryl methyl sites for hydroxylation is 1. The molecule has 2 rings (SSSR count). The first-order chi connectivity index (χ1) is 8.20. The average molecular weight is 252 g/mol. The van der Waals surface area contributed by atoms with Gasteiger partial charge in [-0.1, -0.05) is 0 Å². The first kappa shape index (κ1) is 11.9. The largest absolute Gasteiger partial charge is 0.457 e. The summed E-state index contributed by atoms with van der Waals surface area (Å²) in [4.78, 5) is 3.97. The van der Waals surface area contributed by atoms with Crippen molar-refractivity contribution in [2.45, 2.75) is 12.8 Å². The van der Waals surface area contributed by atoms with E-state index in [-0.39, 0.29) is 5.82 Å². The summed E-state index contributed by atoms with van der Waals surface area (Å²) in [5, 5.41) is 0. The zero-order chi connectivity index (χ0) is 12.3. The van der Waals surface area contributed by atoms with Crippen LogP contribution in [0, 0.1) is 12.7 Å². The number of rotatable bonds is 3. The molecule has 0 fully saturated rings. The smallest absolute Gasteiger partial charge is 0.134 e. The van der Waals surface area contributed by atoms with Gasteiger partial charge in [-0.25, -0.2) is 4.39 Å². The highest BCUT2D eigenvalue weighted by Gasteiger charge is 2.06. The molecule has 2 nitrogen and oxygen atoms in total. The zero-order valence-electron chi connectivity index (χ0n) is 9.28. The maximum atomic E-state index is 12.9. The Kier molecular flexibility index (Phi) is 3.59. The summed E-state index contributed by atoms with van der Waals surface area (Å²) in [6, 6.07) is 6.13. The average Bonchev–Trinajstić information content (AvgIpc) is 2.33. The Hall–Kier alpha value is -1.61. The van der Waals surface area contributed by atoms with E-state index in [1.165, 1.54) is 12.1 Å². The second-order valence-electron chi connectivity index (χ2n) is 3.63. The molecule has 0 unspecified atom stereocenters. The molecule has 0 radical (unpaired) electrons. The van der Waals surface area contributed by atoms with E-state index in [9.17, 15) is 4.39 Å². The quantitative estimate of drug-likeness (QED) is 0.768. The molecule has 0 saturated carbocycles. The molecular weight excluding hydrogens is 241 g/mol. The molecule has 0 amide bonds. The zero-order valence-corrected chi connectivity index (χ0v) is 10.0. The number of benzene rings is 1. The molecule has 1 aromatic heterocycles. The molecule has 0 aliphatic rings. The summed E-state index contributed by atoms with van der Waals surface area (Å²) in [5.74, 6) is 1.31. The maximum Gasteiger partial charge on any atom is 0.134 e. The highest BCUT2D eigenvalue weighted by atomic mass is 35.5. The van der Waals surface area contributed by atoms with E-state index in [1.54, 1.807) is 31.5 Å². The fourth-order valence-corrected chi connectivity index (χ4v) is 1.66. The van der Waals surface area contributed by atoms with Crippen molar-refractivity contribution < 1.29 is 9.13 Å². The van der Waals surface area contributed by atoms with E-state index in [0.29, 0.717) is 17.4 Å².